The van der Waals surface area contributed by atoms with Crippen LogP contribution in [0.1, 0.15) is 23.9 Å². The van der Waals surface area contributed by atoms with Gasteiger partial charge in [-0.3, -0.25) is 4.90 Å². The first-order chi connectivity index (χ1) is 11.0. The van der Waals surface area contributed by atoms with E-state index in [1.165, 1.54) is 0 Å². The molecule has 8 heteroatoms. The van der Waals surface area contributed by atoms with Crippen molar-refractivity contribution < 1.29 is 13.9 Å². The van der Waals surface area contributed by atoms with Crippen molar-refractivity contribution in [1.29, 1.82) is 0 Å². The average molecular weight is 341 g/mol. The number of methoxy groups -OCH3 is 1. The van der Waals surface area contributed by atoms with Crippen LogP contribution in [-0.4, -0.2) is 47.0 Å². The number of ether oxygens (including phenoxy) is 2. The van der Waals surface area contributed by atoms with Crippen molar-refractivity contribution >= 4 is 11.6 Å². The predicted molar refractivity (Wildman–Crippen MR) is 84.0 cm³/mol. The van der Waals surface area contributed by atoms with Crippen LogP contribution in [0.4, 0.5) is 0 Å². The minimum absolute atomic E-state index is 0.447. The molecule has 1 aliphatic rings. The lowest BCUT2D eigenvalue weighted by molar-refractivity contribution is -0.0419. The zero-order valence-corrected chi connectivity index (χ0v) is 14.3. The molecular formula is C15H21ClN4O3. The summed E-state index contributed by atoms with van der Waals surface area (Å²) in [7, 11) is 5.61. The van der Waals surface area contributed by atoms with E-state index in [1.807, 2.05) is 30.9 Å². The summed E-state index contributed by atoms with van der Waals surface area (Å²) in [5.41, 5.74) is 0.518. The zero-order chi connectivity index (χ0) is 16.4. The molecule has 0 saturated carbocycles. The SMILES string of the molecule is COC1(c2nnc(CN(C)Cc3cc(Cl)cn3C)o2)CCOC1. The highest BCUT2D eigenvalue weighted by Crippen LogP contribution is 2.33. The molecule has 1 atom stereocenters. The molecule has 0 spiro atoms. The van der Waals surface area contributed by atoms with Gasteiger partial charge in [-0.1, -0.05) is 11.6 Å². The van der Waals surface area contributed by atoms with Crippen molar-refractivity contribution in [3.05, 3.63) is 34.8 Å². The van der Waals surface area contributed by atoms with Crippen LogP contribution in [0, 0.1) is 0 Å². The maximum Gasteiger partial charge on any atom is 0.250 e. The second kappa shape index (κ2) is 6.60. The van der Waals surface area contributed by atoms with Gasteiger partial charge in [0.1, 0.15) is 0 Å². The minimum Gasteiger partial charge on any atom is -0.421 e. The summed E-state index contributed by atoms with van der Waals surface area (Å²) in [6, 6.07) is 1.95. The van der Waals surface area contributed by atoms with Crippen LogP contribution >= 0.6 is 11.6 Å². The van der Waals surface area contributed by atoms with Crippen LogP contribution in [0.5, 0.6) is 0 Å². The van der Waals surface area contributed by atoms with Crippen LogP contribution in [-0.2, 0) is 35.2 Å². The first-order valence-electron chi connectivity index (χ1n) is 7.47. The van der Waals surface area contributed by atoms with Crippen molar-refractivity contribution in [2.24, 2.45) is 7.05 Å². The standard InChI is InChI=1S/C15H21ClN4O3/c1-19(8-12-6-11(16)7-20(12)2)9-13-17-18-14(23-13)15(21-3)4-5-22-10-15/h6-7H,4-5,8-10H2,1-3H3. The molecule has 1 unspecified atom stereocenters. The number of hydrogen-bond donors (Lipinski definition) is 0. The quantitative estimate of drug-likeness (QED) is 0.801. The Labute approximate surface area is 140 Å². The Morgan fingerprint density at radius 3 is 2.87 bits per heavy atom. The van der Waals surface area contributed by atoms with E-state index in [0.717, 1.165) is 23.7 Å². The van der Waals surface area contributed by atoms with Crippen molar-refractivity contribution in [2.45, 2.75) is 25.1 Å². The Bertz CT molecular complexity index is 663. The van der Waals surface area contributed by atoms with E-state index in [2.05, 4.69) is 15.1 Å². The van der Waals surface area contributed by atoms with Gasteiger partial charge in [-0.15, -0.1) is 10.2 Å². The molecule has 126 valence electrons. The molecule has 1 aliphatic heterocycles. The van der Waals surface area contributed by atoms with Crippen LogP contribution < -0.4 is 0 Å². The third-order valence-electron chi connectivity index (χ3n) is 4.14. The lowest BCUT2D eigenvalue weighted by Crippen LogP contribution is -2.29. The monoisotopic (exact) mass is 340 g/mol. The molecule has 0 amide bonds. The Hall–Kier alpha value is -1.41. The van der Waals surface area contributed by atoms with Gasteiger partial charge in [-0.25, -0.2) is 0 Å². The van der Waals surface area contributed by atoms with Crippen molar-refractivity contribution in [3.8, 4) is 0 Å². The van der Waals surface area contributed by atoms with E-state index in [-0.39, 0.29) is 0 Å². The zero-order valence-electron chi connectivity index (χ0n) is 13.6. The van der Waals surface area contributed by atoms with Crippen molar-refractivity contribution in [1.82, 2.24) is 19.7 Å². The second-order valence-electron chi connectivity index (χ2n) is 5.93. The normalized spacial score (nSPS) is 21.4. The molecule has 1 saturated heterocycles. The summed E-state index contributed by atoms with van der Waals surface area (Å²) in [6.45, 7) is 2.37. The number of aryl methyl sites for hydroxylation is 1. The van der Waals surface area contributed by atoms with Gasteiger partial charge in [0.25, 0.3) is 5.89 Å². The summed E-state index contributed by atoms with van der Waals surface area (Å²) in [4.78, 5) is 2.09. The lowest BCUT2D eigenvalue weighted by atomic mass is 10.0. The topological polar surface area (TPSA) is 65.6 Å². The van der Waals surface area contributed by atoms with Crippen molar-refractivity contribution in [2.75, 3.05) is 27.4 Å². The average Bonchev–Trinajstić information content (AvgIpc) is 3.20. The molecule has 1 fully saturated rings. The Balaban J connectivity index is 1.65. The predicted octanol–water partition coefficient (Wildman–Crippen LogP) is 1.96. The van der Waals surface area contributed by atoms with E-state index in [0.29, 0.717) is 31.5 Å². The highest BCUT2D eigenvalue weighted by atomic mass is 35.5. The van der Waals surface area contributed by atoms with Crippen LogP contribution in [0.15, 0.2) is 16.7 Å². The number of hydrogen-bond acceptors (Lipinski definition) is 6. The van der Waals surface area contributed by atoms with Crippen LogP contribution in [0.25, 0.3) is 0 Å². The maximum atomic E-state index is 6.01. The Kier molecular flexibility index (Phi) is 4.72. The summed E-state index contributed by atoms with van der Waals surface area (Å²) in [5, 5.41) is 9.02. The van der Waals surface area contributed by atoms with Gasteiger partial charge in [-0.2, -0.15) is 0 Å². The Morgan fingerprint density at radius 1 is 1.43 bits per heavy atom. The molecule has 0 radical (unpaired) electrons. The minimum atomic E-state index is -0.602. The second-order valence-corrected chi connectivity index (χ2v) is 6.37. The number of rotatable bonds is 6. The highest BCUT2D eigenvalue weighted by Gasteiger charge is 2.42. The number of nitrogens with zero attached hydrogens (tertiary/aromatic N) is 4. The first-order valence-corrected chi connectivity index (χ1v) is 7.85. The van der Waals surface area contributed by atoms with Gasteiger partial charge >= 0.3 is 0 Å². The van der Waals surface area contributed by atoms with E-state index < -0.39 is 5.60 Å². The summed E-state index contributed by atoms with van der Waals surface area (Å²) < 4.78 is 18.8. The van der Waals surface area contributed by atoms with E-state index >= 15 is 0 Å². The van der Waals surface area contributed by atoms with E-state index in [1.54, 1.807) is 7.11 Å². The Morgan fingerprint density at radius 2 is 2.26 bits per heavy atom. The summed E-state index contributed by atoms with van der Waals surface area (Å²) in [6.07, 6.45) is 2.61. The largest absolute Gasteiger partial charge is 0.421 e. The molecule has 3 heterocycles. The number of aromatic nitrogens is 3. The summed E-state index contributed by atoms with van der Waals surface area (Å²) in [5.74, 6) is 1.05. The van der Waals surface area contributed by atoms with Gasteiger partial charge < -0.3 is 18.5 Å². The van der Waals surface area contributed by atoms with Crippen molar-refractivity contribution in [3.63, 3.8) is 0 Å². The molecule has 0 aliphatic carbocycles. The van der Waals surface area contributed by atoms with E-state index in [4.69, 9.17) is 25.5 Å². The molecule has 0 bridgehead atoms. The number of halogens is 1. The van der Waals surface area contributed by atoms with Gasteiger partial charge in [0.2, 0.25) is 5.89 Å². The third-order valence-corrected chi connectivity index (χ3v) is 4.35. The smallest absolute Gasteiger partial charge is 0.250 e. The molecule has 0 N–H and O–H groups in total. The van der Waals surface area contributed by atoms with Crippen LogP contribution in [0.2, 0.25) is 5.02 Å². The van der Waals surface area contributed by atoms with Gasteiger partial charge in [0.15, 0.2) is 5.60 Å². The highest BCUT2D eigenvalue weighted by molar-refractivity contribution is 6.30. The molecule has 23 heavy (non-hydrogen) atoms. The fourth-order valence-corrected chi connectivity index (χ4v) is 3.02. The molecule has 2 aromatic rings. The molecular weight excluding hydrogens is 320 g/mol. The molecule has 0 aromatic carbocycles. The van der Waals surface area contributed by atoms with E-state index in [9.17, 15) is 0 Å². The van der Waals surface area contributed by atoms with Gasteiger partial charge in [-0.05, 0) is 13.1 Å². The van der Waals surface area contributed by atoms with Gasteiger partial charge in [0.05, 0.1) is 24.8 Å². The maximum absolute atomic E-state index is 6.01. The third kappa shape index (κ3) is 3.42. The molecule has 7 nitrogen and oxygen atoms in total. The fraction of sp³-hybridized carbons (Fsp3) is 0.600. The molecule has 2 aromatic heterocycles. The van der Waals surface area contributed by atoms with Crippen LogP contribution in [0.3, 0.4) is 0 Å². The fourth-order valence-electron chi connectivity index (χ4n) is 2.75. The summed E-state index contributed by atoms with van der Waals surface area (Å²) >= 11 is 6.01. The molecule has 3 rings (SSSR count). The first kappa shape index (κ1) is 16.4. The van der Waals surface area contributed by atoms with Gasteiger partial charge in [0, 0.05) is 39.0 Å². The lowest BCUT2D eigenvalue weighted by Gasteiger charge is -2.20.